The molecule has 0 atom stereocenters. The first kappa shape index (κ1) is 12.5. The molecular formula is C16H16FN3. The molecule has 0 fully saturated rings. The van der Waals surface area contributed by atoms with Crippen LogP contribution in [-0.4, -0.2) is 12.0 Å². The van der Waals surface area contributed by atoms with Crippen molar-refractivity contribution < 1.29 is 4.39 Å². The molecule has 0 unspecified atom stereocenters. The van der Waals surface area contributed by atoms with Crippen molar-refractivity contribution in [2.45, 2.75) is 6.54 Å². The van der Waals surface area contributed by atoms with Crippen molar-refractivity contribution in [2.24, 2.45) is 0 Å². The van der Waals surface area contributed by atoms with Crippen LogP contribution in [-0.2, 0) is 6.54 Å². The van der Waals surface area contributed by atoms with Gasteiger partial charge in [0.25, 0.3) is 0 Å². The Morgan fingerprint density at radius 1 is 1.15 bits per heavy atom. The second-order valence-corrected chi connectivity index (χ2v) is 4.89. The monoisotopic (exact) mass is 269 g/mol. The summed E-state index contributed by atoms with van der Waals surface area (Å²) in [6.07, 6.45) is 1.96. The fraction of sp³-hybridized carbons (Fsp3) is 0.125. The number of nitrogens with one attached hydrogen (secondary N) is 1. The van der Waals surface area contributed by atoms with Gasteiger partial charge in [-0.2, -0.15) is 0 Å². The molecule has 3 aromatic rings. The Labute approximate surface area is 116 Å². The molecule has 20 heavy (non-hydrogen) atoms. The molecule has 0 aliphatic carbocycles. The van der Waals surface area contributed by atoms with Crippen molar-refractivity contribution in [1.82, 2.24) is 4.98 Å². The minimum Gasteiger partial charge on any atom is -0.397 e. The van der Waals surface area contributed by atoms with Crippen LogP contribution in [0.15, 0.2) is 48.7 Å². The summed E-state index contributed by atoms with van der Waals surface area (Å²) >= 11 is 0. The van der Waals surface area contributed by atoms with Gasteiger partial charge in [-0.1, -0.05) is 24.3 Å². The van der Waals surface area contributed by atoms with E-state index in [1.807, 2.05) is 36.3 Å². The molecule has 4 heteroatoms. The number of anilines is 2. The molecule has 0 radical (unpaired) electrons. The van der Waals surface area contributed by atoms with Gasteiger partial charge in [-0.25, -0.2) is 4.39 Å². The minimum atomic E-state index is -0.299. The van der Waals surface area contributed by atoms with Crippen LogP contribution in [0.2, 0.25) is 0 Å². The van der Waals surface area contributed by atoms with E-state index in [0.29, 0.717) is 17.9 Å². The molecule has 102 valence electrons. The third kappa shape index (κ3) is 2.09. The van der Waals surface area contributed by atoms with Gasteiger partial charge in [-0.3, -0.25) is 0 Å². The number of nitrogen functional groups attached to an aromatic ring is 1. The van der Waals surface area contributed by atoms with Crippen LogP contribution >= 0.6 is 0 Å². The molecule has 3 N–H and O–H groups in total. The molecule has 0 spiro atoms. The van der Waals surface area contributed by atoms with E-state index in [1.54, 1.807) is 12.1 Å². The number of rotatable bonds is 3. The smallest absolute Gasteiger partial charge is 0.148 e. The van der Waals surface area contributed by atoms with Crippen LogP contribution in [0.3, 0.4) is 0 Å². The van der Waals surface area contributed by atoms with Crippen molar-refractivity contribution in [3.8, 4) is 0 Å². The van der Waals surface area contributed by atoms with E-state index >= 15 is 0 Å². The summed E-state index contributed by atoms with van der Waals surface area (Å²) in [6.45, 7) is 0.592. The number of aromatic nitrogens is 1. The first-order valence-corrected chi connectivity index (χ1v) is 6.47. The summed E-state index contributed by atoms with van der Waals surface area (Å²) < 4.78 is 13.9. The van der Waals surface area contributed by atoms with E-state index in [-0.39, 0.29) is 5.82 Å². The summed E-state index contributed by atoms with van der Waals surface area (Å²) in [6, 6.07) is 12.8. The van der Waals surface area contributed by atoms with Crippen LogP contribution < -0.4 is 10.6 Å². The maximum atomic E-state index is 13.9. The number of nitrogens with two attached hydrogens (primary N) is 1. The first-order valence-electron chi connectivity index (χ1n) is 6.47. The lowest BCUT2D eigenvalue weighted by atomic mass is 10.1. The zero-order valence-corrected chi connectivity index (χ0v) is 11.2. The molecule has 3 rings (SSSR count). The summed E-state index contributed by atoms with van der Waals surface area (Å²) in [7, 11) is 1.84. The van der Waals surface area contributed by atoms with Crippen molar-refractivity contribution >= 4 is 22.3 Å². The van der Waals surface area contributed by atoms with Gasteiger partial charge in [0.1, 0.15) is 5.82 Å². The third-order valence-corrected chi connectivity index (χ3v) is 3.48. The van der Waals surface area contributed by atoms with Gasteiger partial charge >= 0.3 is 0 Å². The third-order valence-electron chi connectivity index (χ3n) is 3.48. The Balaban J connectivity index is 1.95. The highest BCUT2D eigenvalue weighted by molar-refractivity contribution is 5.83. The van der Waals surface area contributed by atoms with E-state index in [9.17, 15) is 4.39 Å². The molecule has 0 aliphatic rings. The standard InChI is InChI=1S/C16H16FN3/c1-20(16-13(17)6-4-7-14(16)18)10-11-9-19-15-8-3-2-5-12(11)15/h2-9,19H,10,18H2,1H3. The number of nitrogens with zero attached hydrogens (tertiary/aromatic N) is 1. The van der Waals surface area contributed by atoms with Crippen molar-refractivity contribution in [2.75, 3.05) is 17.7 Å². The van der Waals surface area contributed by atoms with E-state index in [2.05, 4.69) is 11.1 Å². The van der Waals surface area contributed by atoms with E-state index in [4.69, 9.17) is 5.73 Å². The number of para-hydroxylation sites is 2. The van der Waals surface area contributed by atoms with E-state index in [0.717, 1.165) is 16.5 Å². The van der Waals surface area contributed by atoms with Gasteiger partial charge in [0, 0.05) is 30.7 Å². The van der Waals surface area contributed by atoms with Crippen LogP contribution in [0.25, 0.3) is 10.9 Å². The van der Waals surface area contributed by atoms with Gasteiger partial charge in [0.2, 0.25) is 0 Å². The Bertz CT molecular complexity index is 728. The quantitative estimate of drug-likeness (QED) is 0.714. The van der Waals surface area contributed by atoms with Gasteiger partial charge in [0.15, 0.2) is 0 Å². The summed E-state index contributed by atoms with van der Waals surface area (Å²) in [5, 5.41) is 1.15. The predicted octanol–water partition coefficient (Wildman–Crippen LogP) is 3.53. The molecule has 1 heterocycles. The lowest BCUT2D eigenvalue weighted by molar-refractivity contribution is 0.623. The number of halogens is 1. The van der Waals surface area contributed by atoms with Gasteiger partial charge < -0.3 is 15.6 Å². The maximum Gasteiger partial charge on any atom is 0.148 e. The number of benzene rings is 2. The molecule has 1 aromatic heterocycles. The highest BCUT2D eigenvalue weighted by Gasteiger charge is 2.13. The van der Waals surface area contributed by atoms with Crippen molar-refractivity contribution in [3.63, 3.8) is 0 Å². The first-order chi connectivity index (χ1) is 9.66. The number of hydrogen-bond donors (Lipinski definition) is 2. The largest absolute Gasteiger partial charge is 0.397 e. The normalized spacial score (nSPS) is 10.9. The van der Waals surface area contributed by atoms with Crippen LogP contribution in [0.5, 0.6) is 0 Å². The lowest BCUT2D eigenvalue weighted by Gasteiger charge is -2.21. The SMILES string of the molecule is CN(Cc1c[nH]c2ccccc12)c1c(N)cccc1F. The van der Waals surface area contributed by atoms with Gasteiger partial charge in [-0.05, 0) is 23.8 Å². The zero-order valence-electron chi connectivity index (χ0n) is 11.2. The molecule has 0 bridgehead atoms. The minimum absolute atomic E-state index is 0.299. The zero-order chi connectivity index (χ0) is 14.1. The molecule has 0 amide bonds. The van der Waals surface area contributed by atoms with Crippen molar-refractivity contribution in [3.05, 3.63) is 60.0 Å². The number of aromatic amines is 1. The second kappa shape index (κ2) is 4.89. The molecule has 0 aliphatic heterocycles. The van der Waals surface area contributed by atoms with Gasteiger partial charge in [-0.15, -0.1) is 0 Å². The Hall–Kier alpha value is -2.49. The fourth-order valence-corrected chi connectivity index (χ4v) is 2.53. The summed E-state index contributed by atoms with van der Waals surface area (Å²) in [5.74, 6) is -0.299. The summed E-state index contributed by atoms with van der Waals surface area (Å²) in [4.78, 5) is 5.06. The average molecular weight is 269 g/mol. The topological polar surface area (TPSA) is 45.0 Å². The fourth-order valence-electron chi connectivity index (χ4n) is 2.53. The van der Waals surface area contributed by atoms with E-state index < -0.39 is 0 Å². The molecule has 0 saturated carbocycles. The molecule has 0 saturated heterocycles. The number of fused-ring (bicyclic) bond motifs is 1. The van der Waals surface area contributed by atoms with Crippen LogP contribution in [0.1, 0.15) is 5.56 Å². The Morgan fingerprint density at radius 3 is 2.75 bits per heavy atom. The molecular weight excluding hydrogens is 253 g/mol. The molecule has 2 aromatic carbocycles. The highest BCUT2D eigenvalue weighted by Crippen LogP contribution is 2.28. The molecule has 3 nitrogen and oxygen atoms in total. The number of hydrogen-bond acceptors (Lipinski definition) is 2. The number of H-pyrrole nitrogens is 1. The highest BCUT2D eigenvalue weighted by atomic mass is 19.1. The lowest BCUT2D eigenvalue weighted by Crippen LogP contribution is -2.19. The van der Waals surface area contributed by atoms with Crippen LogP contribution in [0, 0.1) is 5.82 Å². The van der Waals surface area contributed by atoms with Crippen LogP contribution in [0.4, 0.5) is 15.8 Å². The second-order valence-electron chi connectivity index (χ2n) is 4.89. The predicted molar refractivity (Wildman–Crippen MR) is 81.2 cm³/mol. The maximum absolute atomic E-state index is 13.9. The summed E-state index contributed by atoms with van der Waals surface area (Å²) in [5.41, 5.74) is 8.97. The van der Waals surface area contributed by atoms with Crippen molar-refractivity contribution in [1.29, 1.82) is 0 Å². The van der Waals surface area contributed by atoms with Gasteiger partial charge in [0.05, 0.1) is 11.4 Å². The van der Waals surface area contributed by atoms with E-state index in [1.165, 1.54) is 6.07 Å². The average Bonchev–Trinajstić information content (AvgIpc) is 2.82. The Kier molecular flexibility index (Phi) is 3.06. The Morgan fingerprint density at radius 2 is 1.95 bits per heavy atom.